The van der Waals surface area contributed by atoms with E-state index in [1.165, 1.54) is 0 Å². The summed E-state index contributed by atoms with van der Waals surface area (Å²) in [6.07, 6.45) is -0.419. The van der Waals surface area contributed by atoms with Crippen molar-refractivity contribution < 1.29 is 29.1 Å². The van der Waals surface area contributed by atoms with Crippen molar-refractivity contribution in [2.75, 3.05) is 13.1 Å². The Labute approximate surface area is 160 Å². The lowest BCUT2D eigenvalue weighted by atomic mass is 10.1. The van der Waals surface area contributed by atoms with Gasteiger partial charge in [-0.05, 0) is 5.56 Å². The molecule has 0 saturated carbocycles. The van der Waals surface area contributed by atoms with E-state index in [4.69, 9.17) is 11.5 Å². The molecule has 28 heavy (non-hydrogen) atoms. The number of carbonyl (C=O) groups is 5. The summed E-state index contributed by atoms with van der Waals surface area (Å²) in [7, 11) is 0. The summed E-state index contributed by atoms with van der Waals surface area (Å²) < 4.78 is 0. The topological polar surface area (TPSA) is 194 Å². The van der Waals surface area contributed by atoms with Crippen molar-refractivity contribution in [3.8, 4) is 0 Å². The molecule has 152 valence electrons. The summed E-state index contributed by atoms with van der Waals surface area (Å²) >= 11 is 0. The smallest absolute Gasteiger partial charge is 0.326 e. The minimum Gasteiger partial charge on any atom is -0.480 e. The molecule has 0 radical (unpaired) electrons. The van der Waals surface area contributed by atoms with Crippen LogP contribution in [0.4, 0.5) is 0 Å². The van der Waals surface area contributed by atoms with Gasteiger partial charge in [0.05, 0.1) is 19.5 Å². The highest BCUT2D eigenvalue weighted by Gasteiger charge is 2.24. The van der Waals surface area contributed by atoms with Gasteiger partial charge >= 0.3 is 5.97 Å². The largest absolute Gasteiger partial charge is 0.480 e. The van der Waals surface area contributed by atoms with Crippen molar-refractivity contribution >= 4 is 29.6 Å². The highest BCUT2D eigenvalue weighted by Crippen LogP contribution is 2.03. The Kier molecular flexibility index (Phi) is 9.10. The molecule has 0 aliphatic carbocycles. The zero-order valence-electron chi connectivity index (χ0n) is 15.0. The lowest BCUT2D eigenvalue weighted by Crippen LogP contribution is -2.52. The van der Waals surface area contributed by atoms with Crippen molar-refractivity contribution in [3.63, 3.8) is 0 Å². The highest BCUT2D eigenvalue weighted by atomic mass is 16.4. The molecule has 0 spiro atoms. The Balaban J connectivity index is 2.61. The molecule has 0 bridgehead atoms. The molecule has 4 amide bonds. The number of benzene rings is 1. The molecule has 0 aliphatic heterocycles. The summed E-state index contributed by atoms with van der Waals surface area (Å²) in [5.41, 5.74) is 10.9. The van der Waals surface area contributed by atoms with Gasteiger partial charge in [-0.15, -0.1) is 0 Å². The molecule has 11 nitrogen and oxygen atoms in total. The first kappa shape index (κ1) is 22.6. The standard InChI is InChI=1S/C17H23N5O6/c18-8-14(24)21-11(7-13(19)23)16(26)20-9-15(25)22-12(17(27)28)6-10-4-2-1-3-5-10/h1-5,11-12H,6-9,18H2,(H2,19,23)(H,20,26)(H,21,24)(H,22,25)(H,27,28). The van der Waals surface area contributed by atoms with E-state index in [0.717, 1.165) is 0 Å². The van der Waals surface area contributed by atoms with E-state index in [2.05, 4.69) is 16.0 Å². The Morgan fingerprint density at radius 1 is 0.964 bits per heavy atom. The van der Waals surface area contributed by atoms with Gasteiger partial charge < -0.3 is 32.5 Å². The molecular formula is C17H23N5O6. The van der Waals surface area contributed by atoms with Gasteiger partial charge in [0, 0.05) is 6.42 Å². The van der Waals surface area contributed by atoms with Gasteiger partial charge in [0.25, 0.3) is 0 Å². The summed E-state index contributed by atoms with van der Waals surface area (Å²) in [6.45, 7) is -0.950. The van der Waals surface area contributed by atoms with Gasteiger partial charge in [0.2, 0.25) is 23.6 Å². The second-order valence-electron chi connectivity index (χ2n) is 5.86. The van der Waals surface area contributed by atoms with Crippen molar-refractivity contribution in [1.82, 2.24) is 16.0 Å². The van der Waals surface area contributed by atoms with Crippen molar-refractivity contribution in [2.45, 2.75) is 24.9 Å². The second-order valence-corrected chi connectivity index (χ2v) is 5.86. The molecule has 0 aliphatic rings. The van der Waals surface area contributed by atoms with Gasteiger partial charge in [0.1, 0.15) is 12.1 Å². The predicted molar refractivity (Wildman–Crippen MR) is 97.5 cm³/mol. The molecule has 0 saturated heterocycles. The third-order valence-corrected chi connectivity index (χ3v) is 3.58. The minimum absolute atomic E-state index is 0.0622. The third kappa shape index (κ3) is 8.27. The van der Waals surface area contributed by atoms with Crippen LogP contribution < -0.4 is 27.4 Å². The average Bonchev–Trinajstić information content (AvgIpc) is 2.65. The van der Waals surface area contributed by atoms with Crippen LogP contribution in [0.3, 0.4) is 0 Å². The molecule has 0 fully saturated rings. The molecule has 2 unspecified atom stereocenters. The monoisotopic (exact) mass is 393 g/mol. The number of nitrogens with one attached hydrogen (secondary N) is 3. The zero-order chi connectivity index (χ0) is 21.1. The van der Waals surface area contributed by atoms with Gasteiger partial charge in [-0.25, -0.2) is 4.79 Å². The lowest BCUT2D eigenvalue weighted by molar-refractivity contribution is -0.141. The number of primary amides is 1. The first-order valence-corrected chi connectivity index (χ1v) is 8.34. The normalized spacial score (nSPS) is 12.3. The van der Waals surface area contributed by atoms with Crippen LogP contribution >= 0.6 is 0 Å². The summed E-state index contributed by atoms with van der Waals surface area (Å²) in [5.74, 6) is -4.33. The first-order chi connectivity index (χ1) is 13.2. The van der Waals surface area contributed by atoms with E-state index in [1.807, 2.05) is 0 Å². The number of hydrogen-bond donors (Lipinski definition) is 6. The molecule has 8 N–H and O–H groups in total. The number of hydrogen-bond acceptors (Lipinski definition) is 6. The fraction of sp³-hybridized carbons (Fsp3) is 0.353. The molecule has 1 rings (SSSR count). The SMILES string of the molecule is NCC(=O)NC(CC(N)=O)C(=O)NCC(=O)NC(Cc1ccccc1)C(=O)O. The van der Waals surface area contributed by atoms with E-state index in [0.29, 0.717) is 5.56 Å². The van der Waals surface area contributed by atoms with Crippen LogP contribution in [0.15, 0.2) is 30.3 Å². The quantitative estimate of drug-likeness (QED) is 0.234. The van der Waals surface area contributed by atoms with Crippen molar-refractivity contribution in [2.24, 2.45) is 11.5 Å². The number of carbonyl (C=O) groups excluding carboxylic acids is 4. The summed E-state index contributed by atoms with van der Waals surface area (Å²) in [6, 6.07) is 6.22. The maximum atomic E-state index is 12.1. The maximum absolute atomic E-state index is 12.1. The Bertz CT molecular complexity index is 724. The summed E-state index contributed by atoms with van der Waals surface area (Å²) in [4.78, 5) is 57.8. The lowest BCUT2D eigenvalue weighted by Gasteiger charge is -2.18. The van der Waals surface area contributed by atoms with E-state index >= 15 is 0 Å². The van der Waals surface area contributed by atoms with Crippen LogP contribution in [0, 0.1) is 0 Å². The van der Waals surface area contributed by atoms with E-state index in [-0.39, 0.29) is 6.42 Å². The van der Waals surface area contributed by atoms with Crippen LogP contribution in [0.1, 0.15) is 12.0 Å². The fourth-order valence-electron chi connectivity index (χ4n) is 2.25. The maximum Gasteiger partial charge on any atom is 0.326 e. The molecule has 1 aromatic carbocycles. The van der Waals surface area contributed by atoms with Crippen LogP contribution in [0.2, 0.25) is 0 Å². The van der Waals surface area contributed by atoms with Gasteiger partial charge in [-0.1, -0.05) is 30.3 Å². The number of nitrogens with two attached hydrogens (primary N) is 2. The number of rotatable bonds is 11. The number of carboxylic acid groups (broad SMARTS) is 1. The highest BCUT2D eigenvalue weighted by molar-refractivity contribution is 5.94. The molecule has 11 heteroatoms. The van der Waals surface area contributed by atoms with Crippen LogP contribution in [-0.4, -0.2) is 59.9 Å². The van der Waals surface area contributed by atoms with E-state index in [9.17, 15) is 29.1 Å². The average molecular weight is 393 g/mol. The zero-order valence-corrected chi connectivity index (χ0v) is 15.0. The molecule has 0 aromatic heterocycles. The fourth-order valence-corrected chi connectivity index (χ4v) is 2.25. The van der Waals surface area contributed by atoms with Crippen LogP contribution in [-0.2, 0) is 30.4 Å². The Morgan fingerprint density at radius 3 is 2.11 bits per heavy atom. The van der Waals surface area contributed by atoms with Gasteiger partial charge in [-0.3, -0.25) is 19.2 Å². The summed E-state index contributed by atoms with van der Waals surface area (Å²) in [5, 5.41) is 16.0. The van der Waals surface area contributed by atoms with E-state index in [1.54, 1.807) is 30.3 Å². The van der Waals surface area contributed by atoms with Crippen molar-refractivity contribution in [3.05, 3.63) is 35.9 Å². The number of carboxylic acids is 1. The Morgan fingerprint density at radius 2 is 1.57 bits per heavy atom. The molecule has 2 atom stereocenters. The third-order valence-electron chi connectivity index (χ3n) is 3.58. The van der Waals surface area contributed by atoms with Crippen molar-refractivity contribution in [1.29, 1.82) is 0 Å². The molecular weight excluding hydrogens is 370 g/mol. The Hall–Kier alpha value is -3.47. The molecule has 0 heterocycles. The van der Waals surface area contributed by atoms with Gasteiger partial charge in [0.15, 0.2) is 0 Å². The minimum atomic E-state index is -1.29. The first-order valence-electron chi connectivity index (χ1n) is 8.34. The van der Waals surface area contributed by atoms with Crippen LogP contribution in [0.5, 0.6) is 0 Å². The van der Waals surface area contributed by atoms with Gasteiger partial charge in [-0.2, -0.15) is 0 Å². The second kappa shape index (κ2) is 11.3. The number of aliphatic carboxylic acids is 1. The van der Waals surface area contributed by atoms with E-state index < -0.39 is 61.2 Å². The number of amides is 4. The molecule has 1 aromatic rings. The van der Waals surface area contributed by atoms with Crippen LogP contribution in [0.25, 0.3) is 0 Å². The predicted octanol–water partition coefficient (Wildman–Crippen LogP) is -2.77.